The fraction of sp³-hybridized carbons (Fsp3) is 0.375. The number of benzene rings is 2. The first kappa shape index (κ1) is 26.1. The second-order valence-corrected chi connectivity index (χ2v) is 8.24. The molecule has 3 N–H and O–H groups in total. The van der Waals surface area contributed by atoms with Gasteiger partial charge in [-0.1, -0.05) is 11.6 Å². The molecule has 1 unspecified atom stereocenters. The number of hydrogen-bond donors (Lipinski definition) is 3. The number of rotatable bonds is 9. The van der Waals surface area contributed by atoms with Crippen molar-refractivity contribution in [2.75, 3.05) is 34.0 Å². The number of halogens is 1. The van der Waals surface area contributed by atoms with Crippen LogP contribution in [-0.2, 0) is 4.79 Å². The minimum atomic E-state index is -0.514. The van der Waals surface area contributed by atoms with Gasteiger partial charge in [0.1, 0.15) is 5.75 Å². The molecule has 0 radical (unpaired) electrons. The van der Waals surface area contributed by atoms with Crippen molar-refractivity contribution in [2.24, 2.45) is 5.10 Å². The fourth-order valence-corrected chi connectivity index (χ4v) is 3.91. The zero-order valence-electron chi connectivity index (χ0n) is 19.5. The molecule has 0 spiro atoms. The fourth-order valence-electron chi connectivity index (χ4n) is 3.73. The molecule has 1 aliphatic rings. The zero-order chi connectivity index (χ0) is 25.4. The summed E-state index contributed by atoms with van der Waals surface area (Å²) >= 11 is 5.83. The third kappa shape index (κ3) is 6.55. The van der Waals surface area contributed by atoms with Gasteiger partial charge in [0.25, 0.3) is 11.8 Å². The van der Waals surface area contributed by atoms with Crippen LogP contribution in [0, 0.1) is 0 Å². The number of amides is 2. The topological polar surface area (TPSA) is 130 Å². The van der Waals surface area contributed by atoms with E-state index in [9.17, 15) is 19.8 Å². The van der Waals surface area contributed by atoms with Crippen LogP contribution in [0.25, 0.3) is 0 Å². The van der Waals surface area contributed by atoms with Crippen LogP contribution in [-0.4, -0.2) is 73.2 Å². The van der Waals surface area contributed by atoms with Crippen molar-refractivity contribution in [3.8, 4) is 23.0 Å². The third-order valence-corrected chi connectivity index (χ3v) is 5.87. The Kier molecular flexibility index (Phi) is 9.16. The predicted molar refractivity (Wildman–Crippen MR) is 130 cm³/mol. The molecular weight excluding hydrogens is 478 g/mol. The molecule has 0 aromatic heterocycles. The normalized spacial score (nSPS) is 15.7. The molecule has 1 aliphatic heterocycles. The number of phenols is 1. The molecule has 1 atom stereocenters. The van der Waals surface area contributed by atoms with Gasteiger partial charge < -0.3 is 29.3 Å². The maximum absolute atomic E-state index is 12.7. The van der Waals surface area contributed by atoms with Crippen molar-refractivity contribution in [1.82, 2.24) is 10.3 Å². The molecule has 1 fully saturated rings. The number of hydrogen-bond acceptors (Lipinski definition) is 8. The van der Waals surface area contributed by atoms with E-state index in [1.165, 1.54) is 38.6 Å². The highest BCUT2D eigenvalue weighted by Gasteiger charge is 2.27. The average molecular weight is 506 g/mol. The number of phenolic OH excluding ortho intramolecular Hbond substituents is 1. The van der Waals surface area contributed by atoms with E-state index in [1.807, 2.05) is 0 Å². The number of piperidine rings is 1. The Bertz CT molecular complexity index is 1070. The van der Waals surface area contributed by atoms with Gasteiger partial charge in [-0.2, -0.15) is 5.10 Å². The summed E-state index contributed by atoms with van der Waals surface area (Å²) in [4.78, 5) is 26.6. The molecule has 2 amide bonds. The van der Waals surface area contributed by atoms with Crippen LogP contribution in [0.15, 0.2) is 35.4 Å². The van der Waals surface area contributed by atoms with Crippen LogP contribution in [0.3, 0.4) is 0 Å². The number of aliphatic hydroxyl groups is 1. The van der Waals surface area contributed by atoms with E-state index in [2.05, 4.69) is 10.5 Å². The lowest BCUT2D eigenvalue weighted by Gasteiger charge is -2.34. The molecule has 3 rings (SSSR count). The van der Waals surface area contributed by atoms with Gasteiger partial charge in [0.2, 0.25) is 5.75 Å². The number of carbonyl (C=O) groups is 2. The smallest absolute Gasteiger partial charge is 0.271 e. The van der Waals surface area contributed by atoms with Gasteiger partial charge in [-0.3, -0.25) is 9.59 Å². The molecule has 0 bridgehead atoms. The van der Waals surface area contributed by atoms with Gasteiger partial charge in [0, 0.05) is 17.7 Å². The lowest BCUT2D eigenvalue weighted by molar-refractivity contribution is -0.138. The zero-order valence-corrected chi connectivity index (χ0v) is 20.2. The highest BCUT2D eigenvalue weighted by atomic mass is 35.5. The number of methoxy groups -OCH3 is 2. The highest BCUT2D eigenvalue weighted by molar-refractivity contribution is 6.32. The Labute approximate surface area is 208 Å². The van der Waals surface area contributed by atoms with E-state index in [0.717, 1.165) is 19.3 Å². The largest absolute Gasteiger partial charge is 0.506 e. The van der Waals surface area contributed by atoms with Gasteiger partial charge >= 0.3 is 0 Å². The van der Waals surface area contributed by atoms with Crippen molar-refractivity contribution in [2.45, 2.75) is 25.3 Å². The van der Waals surface area contributed by atoms with Gasteiger partial charge in [-0.25, -0.2) is 5.43 Å². The van der Waals surface area contributed by atoms with Crippen molar-refractivity contribution >= 4 is 29.6 Å². The Balaban J connectivity index is 1.69. The minimum absolute atomic E-state index is 0.0531. The molecule has 35 heavy (non-hydrogen) atoms. The number of carbonyl (C=O) groups excluding carboxylic acids is 2. The van der Waals surface area contributed by atoms with Gasteiger partial charge in [-0.05, 0) is 49.6 Å². The van der Waals surface area contributed by atoms with Gasteiger partial charge in [-0.15, -0.1) is 0 Å². The second-order valence-electron chi connectivity index (χ2n) is 7.83. The first-order valence-corrected chi connectivity index (χ1v) is 11.4. The maximum atomic E-state index is 12.7. The molecule has 11 heteroatoms. The standard InChI is InChI=1S/C24H28ClN3O7/c1-33-20-9-15(12-26-27-24(32)16-6-7-19(30)18(25)11-16)10-21(34-2)23(20)35-14-22(31)28-8-4-3-5-17(28)13-29/h6-7,9-12,17,29-30H,3-5,8,13-14H2,1-2H3,(H,27,32)/b26-12+. The second kappa shape index (κ2) is 12.3. The van der Waals surface area contributed by atoms with Crippen LogP contribution >= 0.6 is 11.6 Å². The van der Waals surface area contributed by atoms with Crippen LogP contribution in [0.5, 0.6) is 23.0 Å². The van der Waals surface area contributed by atoms with E-state index in [1.54, 1.807) is 17.0 Å². The van der Waals surface area contributed by atoms with E-state index < -0.39 is 5.91 Å². The van der Waals surface area contributed by atoms with Crippen LogP contribution in [0.1, 0.15) is 35.2 Å². The lowest BCUT2D eigenvalue weighted by Crippen LogP contribution is -2.47. The number of nitrogens with one attached hydrogen (secondary N) is 1. The molecule has 1 heterocycles. The monoisotopic (exact) mass is 505 g/mol. The predicted octanol–water partition coefficient (Wildman–Crippen LogP) is 2.58. The molecular formula is C24H28ClN3O7. The SMILES string of the molecule is COc1cc(/C=N/NC(=O)c2ccc(O)c(Cl)c2)cc(OC)c1OCC(=O)N1CCCCC1CO. The van der Waals surface area contributed by atoms with Gasteiger partial charge in [0.15, 0.2) is 18.1 Å². The summed E-state index contributed by atoms with van der Waals surface area (Å²) in [7, 11) is 2.90. The molecule has 10 nitrogen and oxygen atoms in total. The highest BCUT2D eigenvalue weighted by Crippen LogP contribution is 2.38. The average Bonchev–Trinajstić information content (AvgIpc) is 2.88. The third-order valence-electron chi connectivity index (χ3n) is 5.57. The van der Waals surface area contributed by atoms with E-state index in [4.69, 9.17) is 25.8 Å². The Morgan fingerprint density at radius 2 is 1.91 bits per heavy atom. The first-order chi connectivity index (χ1) is 16.9. The molecule has 0 aliphatic carbocycles. The van der Waals surface area contributed by atoms with Crippen LogP contribution in [0.4, 0.5) is 0 Å². The summed E-state index contributed by atoms with van der Waals surface area (Å²) in [6.07, 6.45) is 4.02. The van der Waals surface area contributed by atoms with Crippen LogP contribution < -0.4 is 19.6 Å². The molecule has 2 aromatic carbocycles. The minimum Gasteiger partial charge on any atom is -0.506 e. The summed E-state index contributed by atoms with van der Waals surface area (Å²) in [5.74, 6) is 0.00932. The number of hydrazone groups is 1. The van der Waals surface area contributed by atoms with E-state index in [0.29, 0.717) is 23.6 Å². The number of aliphatic hydroxyl groups excluding tert-OH is 1. The summed E-state index contributed by atoms with van der Waals surface area (Å²) in [5.41, 5.74) is 3.14. The van der Waals surface area contributed by atoms with E-state index in [-0.39, 0.29) is 47.2 Å². The lowest BCUT2D eigenvalue weighted by atomic mass is 10.0. The number of nitrogens with zero attached hydrogens (tertiary/aromatic N) is 2. The quantitative estimate of drug-likeness (QED) is 0.352. The summed E-state index contributed by atoms with van der Waals surface area (Å²) in [6, 6.07) is 7.09. The van der Waals surface area contributed by atoms with Crippen molar-refractivity contribution in [3.05, 3.63) is 46.5 Å². The van der Waals surface area contributed by atoms with E-state index >= 15 is 0 Å². The van der Waals surface area contributed by atoms with Crippen molar-refractivity contribution in [1.29, 1.82) is 0 Å². The first-order valence-electron chi connectivity index (χ1n) is 11.0. The van der Waals surface area contributed by atoms with Gasteiger partial charge in [0.05, 0.1) is 38.1 Å². The summed E-state index contributed by atoms with van der Waals surface area (Å²) in [6.45, 7) is 0.268. The Morgan fingerprint density at radius 1 is 1.20 bits per heavy atom. The maximum Gasteiger partial charge on any atom is 0.271 e. The number of ether oxygens (including phenoxy) is 3. The number of likely N-dealkylation sites (tertiary alicyclic amines) is 1. The Morgan fingerprint density at radius 3 is 2.54 bits per heavy atom. The van der Waals surface area contributed by atoms with Crippen LogP contribution in [0.2, 0.25) is 5.02 Å². The number of aromatic hydroxyl groups is 1. The molecule has 2 aromatic rings. The Hall–Kier alpha value is -3.50. The molecule has 1 saturated heterocycles. The van der Waals surface area contributed by atoms with Crippen molar-refractivity contribution in [3.63, 3.8) is 0 Å². The molecule has 0 saturated carbocycles. The summed E-state index contributed by atoms with van der Waals surface area (Å²) < 4.78 is 16.6. The summed E-state index contributed by atoms with van der Waals surface area (Å²) in [5, 5.41) is 23.0. The molecule has 188 valence electrons. The van der Waals surface area contributed by atoms with Crippen molar-refractivity contribution < 1.29 is 34.0 Å².